The van der Waals surface area contributed by atoms with Gasteiger partial charge in [-0.05, 0) is 24.6 Å². The molecule has 0 aliphatic rings. The number of aryl methyl sites for hydroxylation is 1. The van der Waals surface area contributed by atoms with Crippen molar-refractivity contribution in [3.05, 3.63) is 51.8 Å². The average molecular weight is 296 g/mol. The van der Waals surface area contributed by atoms with Crippen LogP contribution in [-0.4, -0.2) is 14.7 Å². The van der Waals surface area contributed by atoms with E-state index in [0.717, 1.165) is 16.9 Å². The molecule has 6 heteroatoms. The molecule has 5 nitrogen and oxygen atoms in total. The van der Waals surface area contributed by atoms with Gasteiger partial charge in [0.15, 0.2) is 0 Å². The number of hydrogen-bond donors (Lipinski definition) is 0. The van der Waals surface area contributed by atoms with Gasteiger partial charge in [-0.1, -0.05) is 15.9 Å². The summed E-state index contributed by atoms with van der Waals surface area (Å²) in [6.45, 7) is 1.90. The lowest BCUT2D eigenvalue weighted by Crippen LogP contribution is -2.00. The average Bonchev–Trinajstić information content (AvgIpc) is 2.74. The molecule has 1 aromatic carbocycles. The maximum absolute atomic E-state index is 10.7. The van der Waals surface area contributed by atoms with Crippen molar-refractivity contribution < 1.29 is 4.92 Å². The van der Waals surface area contributed by atoms with Crippen LogP contribution in [0.3, 0.4) is 0 Å². The van der Waals surface area contributed by atoms with E-state index in [1.54, 1.807) is 16.8 Å². The van der Waals surface area contributed by atoms with Gasteiger partial charge in [0.25, 0.3) is 5.69 Å². The number of nitro benzene ring substituents is 1. The summed E-state index contributed by atoms with van der Waals surface area (Å²) in [6, 6.07) is 6.64. The van der Waals surface area contributed by atoms with E-state index in [1.807, 2.05) is 19.2 Å². The fraction of sp³-hybridized carbons (Fsp3) is 0.182. The SMILES string of the molecule is Cc1ccn(-c2ccc([N+](=O)[O-])cc2CBr)n1. The Balaban J connectivity index is 2.51. The molecule has 0 fully saturated rings. The smallest absolute Gasteiger partial charge is 0.258 e. The van der Waals surface area contributed by atoms with Crippen LogP contribution in [0.4, 0.5) is 5.69 Å². The molecule has 2 aromatic rings. The van der Waals surface area contributed by atoms with Gasteiger partial charge in [0.1, 0.15) is 0 Å². The standard InChI is InChI=1S/C11H10BrN3O2/c1-8-4-5-14(13-8)11-3-2-10(15(16)17)6-9(11)7-12/h2-6H,7H2,1H3. The molecule has 1 heterocycles. The van der Waals surface area contributed by atoms with E-state index in [2.05, 4.69) is 21.0 Å². The maximum atomic E-state index is 10.7. The zero-order valence-electron chi connectivity index (χ0n) is 9.13. The predicted octanol–water partition coefficient (Wildman–Crippen LogP) is 2.98. The first kappa shape index (κ1) is 11.8. The van der Waals surface area contributed by atoms with Gasteiger partial charge in [-0.3, -0.25) is 10.1 Å². The summed E-state index contributed by atoms with van der Waals surface area (Å²) in [5.41, 5.74) is 2.68. The zero-order valence-corrected chi connectivity index (χ0v) is 10.7. The summed E-state index contributed by atoms with van der Waals surface area (Å²) in [7, 11) is 0. The number of hydrogen-bond acceptors (Lipinski definition) is 3. The Morgan fingerprint density at radius 2 is 2.24 bits per heavy atom. The van der Waals surface area contributed by atoms with Gasteiger partial charge in [-0.15, -0.1) is 0 Å². The molecule has 0 aliphatic carbocycles. The number of aromatic nitrogens is 2. The molecule has 0 amide bonds. The summed E-state index contributed by atoms with van der Waals surface area (Å²) < 4.78 is 1.72. The first-order valence-corrected chi connectivity index (χ1v) is 6.10. The molecule has 0 bridgehead atoms. The van der Waals surface area contributed by atoms with E-state index in [4.69, 9.17) is 0 Å². The fourth-order valence-electron chi connectivity index (χ4n) is 1.57. The lowest BCUT2D eigenvalue weighted by Gasteiger charge is -2.06. The number of nitro groups is 1. The number of nitrogens with zero attached hydrogens (tertiary/aromatic N) is 3. The van der Waals surface area contributed by atoms with E-state index in [-0.39, 0.29) is 5.69 Å². The Morgan fingerprint density at radius 3 is 2.76 bits per heavy atom. The molecule has 2 rings (SSSR count). The number of non-ortho nitro benzene ring substituents is 1. The predicted molar refractivity (Wildman–Crippen MR) is 67.6 cm³/mol. The van der Waals surface area contributed by atoms with Crippen molar-refractivity contribution in [2.75, 3.05) is 0 Å². The second-order valence-electron chi connectivity index (χ2n) is 3.61. The number of benzene rings is 1. The van der Waals surface area contributed by atoms with Gasteiger partial charge in [-0.25, -0.2) is 4.68 Å². The third kappa shape index (κ3) is 2.36. The minimum absolute atomic E-state index is 0.0899. The van der Waals surface area contributed by atoms with Crippen molar-refractivity contribution in [3.63, 3.8) is 0 Å². The largest absolute Gasteiger partial charge is 0.269 e. The van der Waals surface area contributed by atoms with Gasteiger partial charge in [0.2, 0.25) is 0 Å². The normalized spacial score (nSPS) is 10.5. The van der Waals surface area contributed by atoms with Crippen molar-refractivity contribution in [2.45, 2.75) is 12.3 Å². The summed E-state index contributed by atoms with van der Waals surface area (Å²) in [4.78, 5) is 10.3. The zero-order chi connectivity index (χ0) is 12.4. The van der Waals surface area contributed by atoms with Crippen molar-refractivity contribution in [1.29, 1.82) is 0 Å². The van der Waals surface area contributed by atoms with Crippen LogP contribution < -0.4 is 0 Å². The highest BCUT2D eigenvalue weighted by Gasteiger charge is 2.11. The van der Waals surface area contributed by atoms with Crippen LogP contribution in [0.1, 0.15) is 11.3 Å². The minimum atomic E-state index is -0.399. The number of alkyl halides is 1. The molecule has 17 heavy (non-hydrogen) atoms. The van der Waals surface area contributed by atoms with Crippen molar-refractivity contribution in [2.24, 2.45) is 0 Å². The van der Waals surface area contributed by atoms with Gasteiger partial charge < -0.3 is 0 Å². The number of rotatable bonds is 3. The van der Waals surface area contributed by atoms with Gasteiger partial charge >= 0.3 is 0 Å². The van der Waals surface area contributed by atoms with E-state index in [9.17, 15) is 10.1 Å². The Bertz CT molecular complexity index is 566. The third-order valence-electron chi connectivity index (χ3n) is 2.39. The highest BCUT2D eigenvalue weighted by molar-refractivity contribution is 9.08. The second kappa shape index (κ2) is 4.67. The van der Waals surface area contributed by atoms with E-state index in [1.165, 1.54) is 6.07 Å². The van der Waals surface area contributed by atoms with Crippen molar-refractivity contribution >= 4 is 21.6 Å². The molecular weight excluding hydrogens is 286 g/mol. The number of halogens is 1. The molecule has 0 atom stereocenters. The second-order valence-corrected chi connectivity index (χ2v) is 4.17. The summed E-state index contributed by atoms with van der Waals surface area (Å²) in [5, 5.41) is 15.5. The summed E-state index contributed by atoms with van der Waals surface area (Å²) in [5.74, 6) is 0. The molecule has 0 saturated carbocycles. The monoisotopic (exact) mass is 295 g/mol. The van der Waals surface area contributed by atoms with Gasteiger partial charge in [0, 0.05) is 23.7 Å². The van der Waals surface area contributed by atoms with Gasteiger partial charge in [-0.2, -0.15) is 5.10 Å². The summed E-state index contributed by atoms with van der Waals surface area (Å²) >= 11 is 3.33. The van der Waals surface area contributed by atoms with E-state index in [0.29, 0.717) is 5.33 Å². The molecule has 0 aliphatic heterocycles. The topological polar surface area (TPSA) is 61.0 Å². The quantitative estimate of drug-likeness (QED) is 0.497. The first-order valence-electron chi connectivity index (χ1n) is 4.98. The molecule has 0 spiro atoms. The van der Waals surface area contributed by atoms with Crippen LogP contribution in [0.2, 0.25) is 0 Å². The fourth-order valence-corrected chi connectivity index (χ4v) is 2.01. The van der Waals surface area contributed by atoms with Crippen LogP contribution in [-0.2, 0) is 5.33 Å². The van der Waals surface area contributed by atoms with Crippen LogP contribution in [0.15, 0.2) is 30.5 Å². The Morgan fingerprint density at radius 1 is 1.47 bits per heavy atom. The minimum Gasteiger partial charge on any atom is -0.258 e. The lowest BCUT2D eigenvalue weighted by atomic mass is 10.2. The highest BCUT2D eigenvalue weighted by Crippen LogP contribution is 2.22. The van der Waals surface area contributed by atoms with Crippen LogP contribution in [0, 0.1) is 17.0 Å². The molecule has 88 valence electrons. The lowest BCUT2D eigenvalue weighted by molar-refractivity contribution is -0.384. The van der Waals surface area contributed by atoms with Gasteiger partial charge in [0.05, 0.1) is 16.3 Å². The van der Waals surface area contributed by atoms with Crippen LogP contribution in [0.25, 0.3) is 5.69 Å². The van der Waals surface area contributed by atoms with E-state index >= 15 is 0 Å². The molecule has 0 unspecified atom stereocenters. The Labute approximate surface area is 106 Å². The molecule has 0 saturated heterocycles. The maximum Gasteiger partial charge on any atom is 0.269 e. The third-order valence-corrected chi connectivity index (χ3v) is 2.99. The summed E-state index contributed by atoms with van der Waals surface area (Å²) in [6.07, 6.45) is 1.84. The highest BCUT2D eigenvalue weighted by atomic mass is 79.9. The Hall–Kier alpha value is -1.69. The van der Waals surface area contributed by atoms with Crippen molar-refractivity contribution in [3.8, 4) is 5.69 Å². The molecule has 0 N–H and O–H groups in total. The van der Waals surface area contributed by atoms with E-state index < -0.39 is 4.92 Å². The van der Waals surface area contributed by atoms with Crippen LogP contribution in [0.5, 0.6) is 0 Å². The molecular formula is C11H10BrN3O2. The Kier molecular flexibility index (Phi) is 3.23. The molecule has 0 radical (unpaired) electrons. The van der Waals surface area contributed by atoms with Crippen LogP contribution >= 0.6 is 15.9 Å². The first-order chi connectivity index (χ1) is 8.11. The molecule has 1 aromatic heterocycles. The van der Waals surface area contributed by atoms with Crippen molar-refractivity contribution in [1.82, 2.24) is 9.78 Å².